The van der Waals surface area contributed by atoms with E-state index >= 15 is 0 Å². The SMILES string of the molecule is Cc1c(C(=O)OCC(=O)N2c3ccc(S(N)(=O)=O)cc3CC2C)oc2c(Cl)cccc12. The summed E-state index contributed by atoms with van der Waals surface area (Å²) in [6.45, 7) is 3.04. The third kappa shape index (κ3) is 3.80. The smallest absolute Gasteiger partial charge is 0.375 e. The zero-order chi connectivity index (χ0) is 22.5. The van der Waals surface area contributed by atoms with E-state index < -0.39 is 28.5 Å². The molecule has 0 fully saturated rings. The number of carbonyl (C=O) groups excluding carboxylic acids is 2. The Morgan fingerprint density at radius 3 is 2.71 bits per heavy atom. The molecule has 0 saturated heterocycles. The van der Waals surface area contributed by atoms with E-state index in [4.69, 9.17) is 25.9 Å². The lowest BCUT2D eigenvalue weighted by atomic mass is 10.1. The first-order valence-corrected chi connectivity index (χ1v) is 11.3. The Balaban J connectivity index is 1.52. The van der Waals surface area contributed by atoms with Gasteiger partial charge in [0.15, 0.2) is 12.2 Å². The van der Waals surface area contributed by atoms with Gasteiger partial charge in [-0.2, -0.15) is 0 Å². The van der Waals surface area contributed by atoms with Crippen molar-refractivity contribution in [3.05, 3.63) is 58.3 Å². The number of rotatable bonds is 4. The molecule has 0 spiro atoms. The van der Waals surface area contributed by atoms with Crippen molar-refractivity contribution < 1.29 is 27.2 Å². The average molecular weight is 463 g/mol. The first-order valence-electron chi connectivity index (χ1n) is 9.40. The summed E-state index contributed by atoms with van der Waals surface area (Å²) in [6, 6.07) is 9.29. The molecule has 0 radical (unpaired) electrons. The summed E-state index contributed by atoms with van der Waals surface area (Å²) >= 11 is 6.11. The van der Waals surface area contributed by atoms with Gasteiger partial charge in [-0.25, -0.2) is 18.4 Å². The van der Waals surface area contributed by atoms with E-state index in [2.05, 4.69) is 0 Å². The highest BCUT2D eigenvalue weighted by Gasteiger charge is 2.32. The predicted octanol–water partition coefficient (Wildman–Crippen LogP) is 3.18. The predicted molar refractivity (Wildman–Crippen MR) is 115 cm³/mol. The minimum atomic E-state index is -3.84. The van der Waals surface area contributed by atoms with E-state index in [1.165, 1.54) is 23.1 Å². The van der Waals surface area contributed by atoms with Crippen molar-refractivity contribution in [1.82, 2.24) is 0 Å². The second-order valence-corrected chi connectivity index (χ2v) is 9.37. The molecule has 2 N–H and O–H groups in total. The summed E-state index contributed by atoms with van der Waals surface area (Å²) in [5, 5.41) is 6.25. The highest BCUT2D eigenvalue weighted by Crippen LogP contribution is 2.34. The third-order valence-electron chi connectivity index (χ3n) is 5.29. The largest absolute Gasteiger partial charge is 0.450 e. The van der Waals surface area contributed by atoms with Crippen LogP contribution in [0, 0.1) is 6.92 Å². The second kappa shape index (κ2) is 7.67. The lowest BCUT2D eigenvalue weighted by Crippen LogP contribution is -2.38. The van der Waals surface area contributed by atoms with Crippen molar-refractivity contribution in [3.8, 4) is 0 Å². The molecule has 3 aromatic rings. The second-order valence-electron chi connectivity index (χ2n) is 7.40. The lowest BCUT2D eigenvalue weighted by molar-refractivity contribution is -0.122. The minimum Gasteiger partial charge on any atom is -0.450 e. The van der Waals surface area contributed by atoms with E-state index in [9.17, 15) is 18.0 Å². The number of anilines is 1. The quantitative estimate of drug-likeness (QED) is 0.594. The Kier molecular flexibility index (Phi) is 5.28. The van der Waals surface area contributed by atoms with Crippen molar-refractivity contribution in [1.29, 1.82) is 0 Å². The monoisotopic (exact) mass is 462 g/mol. The van der Waals surface area contributed by atoms with Gasteiger partial charge in [0.1, 0.15) is 0 Å². The Morgan fingerprint density at radius 2 is 2.03 bits per heavy atom. The molecule has 2 heterocycles. The number of halogens is 1. The Bertz CT molecular complexity index is 1330. The summed E-state index contributed by atoms with van der Waals surface area (Å²) in [4.78, 5) is 26.8. The molecule has 1 aromatic heterocycles. The number of aryl methyl sites for hydroxylation is 1. The van der Waals surface area contributed by atoms with Gasteiger partial charge in [0.2, 0.25) is 15.8 Å². The van der Waals surface area contributed by atoms with E-state index in [-0.39, 0.29) is 16.7 Å². The molecule has 1 unspecified atom stereocenters. The van der Waals surface area contributed by atoms with Crippen LogP contribution in [0.25, 0.3) is 11.0 Å². The molecule has 8 nitrogen and oxygen atoms in total. The first kappa shape index (κ1) is 21.4. The van der Waals surface area contributed by atoms with E-state index in [1.807, 2.05) is 6.92 Å². The number of carbonyl (C=O) groups is 2. The van der Waals surface area contributed by atoms with Crippen LogP contribution in [0.15, 0.2) is 45.7 Å². The van der Waals surface area contributed by atoms with Gasteiger partial charge in [-0.1, -0.05) is 23.7 Å². The fraction of sp³-hybridized carbons (Fsp3) is 0.238. The van der Waals surface area contributed by atoms with Gasteiger partial charge < -0.3 is 14.1 Å². The van der Waals surface area contributed by atoms with E-state index in [0.717, 1.165) is 0 Å². The standard InChI is InChI=1S/C21H19ClN2O6S/c1-11-8-13-9-14(31(23,27)28)6-7-17(13)24(11)18(25)10-29-21(26)19-12(2)15-4-3-5-16(22)20(15)30-19/h3-7,9,11H,8,10H2,1-2H3,(H2,23,27,28). The van der Waals surface area contributed by atoms with Crippen molar-refractivity contribution >= 4 is 50.2 Å². The molecule has 0 saturated carbocycles. The van der Waals surface area contributed by atoms with Crippen molar-refractivity contribution in [2.75, 3.05) is 11.5 Å². The number of ether oxygens (including phenoxy) is 1. The molecular formula is C21H19ClN2O6S. The number of amides is 1. The fourth-order valence-electron chi connectivity index (χ4n) is 3.83. The van der Waals surface area contributed by atoms with Crippen LogP contribution >= 0.6 is 11.6 Å². The summed E-state index contributed by atoms with van der Waals surface area (Å²) in [7, 11) is -3.84. The zero-order valence-corrected chi connectivity index (χ0v) is 18.3. The Labute approximate surface area is 183 Å². The van der Waals surface area contributed by atoms with Crippen molar-refractivity contribution in [2.24, 2.45) is 5.14 Å². The maximum Gasteiger partial charge on any atom is 0.375 e. The van der Waals surface area contributed by atoms with Crippen molar-refractivity contribution in [3.63, 3.8) is 0 Å². The molecule has 0 aliphatic carbocycles. The van der Waals surface area contributed by atoms with Gasteiger partial charge in [0.05, 0.1) is 9.92 Å². The minimum absolute atomic E-state index is 0.0106. The molecule has 162 valence electrons. The fourth-order valence-corrected chi connectivity index (χ4v) is 4.61. The first-order chi connectivity index (χ1) is 14.6. The number of hydrogen-bond donors (Lipinski definition) is 1. The summed E-state index contributed by atoms with van der Waals surface area (Å²) < 4.78 is 33.9. The highest BCUT2D eigenvalue weighted by molar-refractivity contribution is 7.89. The number of para-hydroxylation sites is 1. The average Bonchev–Trinajstić information content (AvgIpc) is 3.22. The molecule has 1 amide bonds. The Hall–Kier alpha value is -2.88. The molecule has 1 atom stereocenters. The molecule has 2 aromatic carbocycles. The van der Waals surface area contributed by atoms with E-state index in [0.29, 0.717) is 39.2 Å². The van der Waals surface area contributed by atoms with Crippen LogP contribution in [-0.2, 0) is 26.0 Å². The van der Waals surface area contributed by atoms with Crippen LogP contribution in [0.3, 0.4) is 0 Å². The maximum absolute atomic E-state index is 12.8. The number of sulfonamides is 1. The zero-order valence-electron chi connectivity index (χ0n) is 16.7. The number of benzene rings is 2. The van der Waals surface area contributed by atoms with Gasteiger partial charge in [0.25, 0.3) is 5.91 Å². The highest BCUT2D eigenvalue weighted by atomic mass is 35.5. The summed E-state index contributed by atoms with van der Waals surface area (Å²) in [5.74, 6) is -1.21. The molecular weight excluding hydrogens is 444 g/mol. The molecule has 1 aliphatic rings. The van der Waals surface area contributed by atoms with Gasteiger partial charge in [-0.3, -0.25) is 4.79 Å². The molecule has 1 aliphatic heterocycles. The topological polar surface area (TPSA) is 120 Å². The number of nitrogens with two attached hydrogens (primary N) is 1. The number of esters is 1. The normalized spacial score (nSPS) is 15.9. The van der Waals surface area contributed by atoms with Crippen LogP contribution in [0.2, 0.25) is 5.02 Å². The maximum atomic E-state index is 12.8. The van der Waals surface area contributed by atoms with Gasteiger partial charge in [-0.15, -0.1) is 0 Å². The van der Waals surface area contributed by atoms with Crippen LogP contribution in [-0.4, -0.2) is 32.9 Å². The molecule has 31 heavy (non-hydrogen) atoms. The number of hydrogen-bond acceptors (Lipinski definition) is 6. The summed E-state index contributed by atoms with van der Waals surface area (Å²) in [6.07, 6.45) is 0.458. The third-order valence-corrected chi connectivity index (χ3v) is 6.50. The van der Waals surface area contributed by atoms with Crippen LogP contribution in [0.1, 0.15) is 28.6 Å². The number of nitrogens with zero attached hydrogens (tertiary/aromatic N) is 1. The number of fused-ring (bicyclic) bond motifs is 2. The van der Waals surface area contributed by atoms with Gasteiger partial charge >= 0.3 is 5.97 Å². The number of furan rings is 1. The van der Waals surface area contributed by atoms with Crippen LogP contribution in [0.4, 0.5) is 5.69 Å². The molecule has 0 bridgehead atoms. The molecule has 4 rings (SSSR count). The molecule has 10 heteroatoms. The van der Waals surface area contributed by atoms with Gasteiger partial charge in [-0.05, 0) is 50.1 Å². The van der Waals surface area contributed by atoms with Crippen LogP contribution < -0.4 is 10.0 Å². The van der Waals surface area contributed by atoms with Gasteiger partial charge in [0, 0.05) is 22.7 Å². The summed E-state index contributed by atoms with van der Waals surface area (Å²) in [5.41, 5.74) is 2.20. The number of primary sulfonamides is 1. The lowest BCUT2D eigenvalue weighted by Gasteiger charge is -2.22. The van der Waals surface area contributed by atoms with Crippen LogP contribution in [0.5, 0.6) is 0 Å². The van der Waals surface area contributed by atoms with E-state index in [1.54, 1.807) is 25.1 Å². The Morgan fingerprint density at radius 1 is 1.29 bits per heavy atom. The van der Waals surface area contributed by atoms with Crippen molar-refractivity contribution in [2.45, 2.75) is 31.2 Å².